The van der Waals surface area contributed by atoms with E-state index >= 15 is 0 Å². The van der Waals surface area contributed by atoms with Crippen LogP contribution in [0.15, 0.2) is 56.3 Å². The number of hydrogen-bond acceptors (Lipinski definition) is 6. The number of aromatic nitrogens is 3. The molecule has 0 aliphatic carbocycles. The van der Waals surface area contributed by atoms with Crippen molar-refractivity contribution >= 4 is 31.7 Å². The molecule has 1 unspecified atom stereocenters. The highest BCUT2D eigenvalue weighted by atomic mass is 32.2. The fourth-order valence-electron chi connectivity index (χ4n) is 2.27. The molecule has 130 valence electrons. The van der Waals surface area contributed by atoms with E-state index in [1.807, 2.05) is 0 Å². The summed E-state index contributed by atoms with van der Waals surface area (Å²) >= 11 is 0. The molecule has 0 saturated heterocycles. The molecule has 0 radical (unpaired) electrons. The lowest BCUT2D eigenvalue weighted by molar-refractivity contribution is 0.592. The van der Waals surface area contributed by atoms with Crippen LogP contribution in [0.2, 0.25) is 0 Å². The van der Waals surface area contributed by atoms with Gasteiger partial charge in [-0.25, -0.2) is 22.8 Å². The molecule has 25 heavy (non-hydrogen) atoms. The molecule has 0 bridgehead atoms. The standard InChI is InChI=1S/C15H12FN3O4S2/c1-19-13-9(8-17-15(18-13)24(2)21)7-12(14(19)20)25(22,23)11-5-3-10(16)4-6-11/h3-8H,1-2H3. The molecule has 1 atom stereocenters. The Labute approximate surface area is 144 Å². The highest BCUT2D eigenvalue weighted by molar-refractivity contribution is 7.91. The molecule has 3 rings (SSSR count). The molecule has 0 aliphatic rings. The summed E-state index contributed by atoms with van der Waals surface area (Å²) in [4.78, 5) is 19.8. The van der Waals surface area contributed by atoms with Gasteiger partial charge in [-0.05, 0) is 30.3 Å². The van der Waals surface area contributed by atoms with Gasteiger partial charge in [-0.1, -0.05) is 0 Å². The molecule has 0 spiro atoms. The molecule has 10 heteroatoms. The van der Waals surface area contributed by atoms with Crippen LogP contribution < -0.4 is 5.56 Å². The Balaban J connectivity index is 2.29. The lowest BCUT2D eigenvalue weighted by atomic mass is 10.3. The largest absolute Gasteiger partial charge is 0.295 e. The molecule has 3 aromatic rings. The van der Waals surface area contributed by atoms with Gasteiger partial charge >= 0.3 is 0 Å². The first-order valence-corrected chi connectivity index (χ1v) is 9.97. The predicted molar refractivity (Wildman–Crippen MR) is 89.0 cm³/mol. The van der Waals surface area contributed by atoms with Gasteiger partial charge in [-0.3, -0.25) is 13.6 Å². The Bertz CT molecular complexity index is 1170. The van der Waals surface area contributed by atoms with Crippen molar-refractivity contribution < 1.29 is 17.0 Å². The zero-order chi connectivity index (χ0) is 18.4. The van der Waals surface area contributed by atoms with Crippen molar-refractivity contribution in [3.05, 3.63) is 52.7 Å². The second-order valence-corrected chi connectivity index (χ2v) is 8.41. The highest BCUT2D eigenvalue weighted by Gasteiger charge is 2.24. The van der Waals surface area contributed by atoms with Crippen LogP contribution in [0.3, 0.4) is 0 Å². The van der Waals surface area contributed by atoms with Crippen LogP contribution in [0.5, 0.6) is 0 Å². The summed E-state index contributed by atoms with van der Waals surface area (Å²) in [6.45, 7) is 0. The van der Waals surface area contributed by atoms with Gasteiger partial charge in [0, 0.05) is 24.9 Å². The van der Waals surface area contributed by atoms with Gasteiger partial charge in [0.25, 0.3) is 5.56 Å². The van der Waals surface area contributed by atoms with Crippen LogP contribution in [0.1, 0.15) is 0 Å². The zero-order valence-electron chi connectivity index (χ0n) is 13.1. The number of nitrogens with zero attached hydrogens (tertiary/aromatic N) is 3. The van der Waals surface area contributed by atoms with Crippen molar-refractivity contribution in [1.29, 1.82) is 0 Å². The summed E-state index contributed by atoms with van der Waals surface area (Å²) in [5.74, 6) is -0.584. The monoisotopic (exact) mass is 381 g/mol. The molecule has 7 nitrogen and oxygen atoms in total. The van der Waals surface area contributed by atoms with E-state index in [2.05, 4.69) is 9.97 Å². The highest BCUT2D eigenvalue weighted by Crippen LogP contribution is 2.21. The predicted octanol–water partition coefficient (Wildman–Crippen LogP) is 1.04. The fraction of sp³-hybridized carbons (Fsp3) is 0.133. The maximum absolute atomic E-state index is 13.0. The average molecular weight is 381 g/mol. The van der Waals surface area contributed by atoms with Gasteiger partial charge in [0.05, 0.1) is 15.7 Å². The van der Waals surface area contributed by atoms with E-state index in [-0.39, 0.29) is 15.7 Å². The first kappa shape index (κ1) is 17.4. The number of pyridine rings is 1. The third-order valence-corrected chi connectivity index (χ3v) is 6.04. The quantitative estimate of drug-likeness (QED) is 0.496. The second-order valence-electron chi connectivity index (χ2n) is 5.22. The summed E-state index contributed by atoms with van der Waals surface area (Å²) in [6, 6.07) is 5.36. The van der Waals surface area contributed by atoms with Crippen molar-refractivity contribution in [2.45, 2.75) is 14.9 Å². The van der Waals surface area contributed by atoms with E-state index in [0.717, 1.165) is 28.8 Å². The molecular formula is C15H12FN3O4S2. The molecule has 0 aliphatic heterocycles. The number of aryl methyl sites for hydroxylation is 1. The Kier molecular flexibility index (Phi) is 4.25. The molecular weight excluding hydrogens is 369 g/mol. The molecule has 0 amide bonds. The zero-order valence-corrected chi connectivity index (χ0v) is 14.8. The number of fused-ring (bicyclic) bond motifs is 1. The number of hydrogen-bond donors (Lipinski definition) is 0. The summed E-state index contributed by atoms with van der Waals surface area (Å²) in [5, 5.41) is 0.341. The van der Waals surface area contributed by atoms with Gasteiger partial charge in [0.2, 0.25) is 15.0 Å². The van der Waals surface area contributed by atoms with Crippen molar-refractivity contribution in [2.75, 3.05) is 6.26 Å². The minimum atomic E-state index is -4.14. The number of halogens is 1. The maximum atomic E-state index is 13.0. The Hall–Kier alpha value is -2.46. The van der Waals surface area contributed by atoms with Crippen molar-refractivity contribution in [3.63, 3.8) is 0 Å². The van der Waals surface area contributed by atoms with Gasteiger partial charge in [-0.15, -0.1) is 0 Å². The minimum Gasteiger partial charge on any atom is -0.295 e. The lowest BCUT2D eigenvalue weighted by Crippen LogP contribution is -2.25. The van der Waals surface area contributed by atoms with Crippen LogP contribution in [0.25, 0.3) is 11.0 Å². The topological polar surface area (TPSA) is 99.0 Å². The summed E-state index contributed by atoms with van der Waals surface area (Å²) in [7, 11) is -4.22. The normalized spacial score (nSPS) is 13.1. The first-order valence-electron chi connectivity index (χ1n) is 6.92. The third kappa shape index (κ3) is 2.98. The molecule has 1 aromatic carbocycles. The fourth-order valence-corrected chi connectivity index (χ4v) is 4.09. The van der Waals surface area contributed by atoms with Crippen molar-refractivity contribution in [3.8, 4) is 0 Å². The van der Waals surface area contributed by atoms with Crippen molar-refractivity contribution in [1.82, 2.24) is 14.5 Å². The molecule has 0 saturated carbocycles. The van der Waals surface area contributed by atoms with Crippen LogP contribution in [0, 0.1) is 5.82 Å². The number of rotatable bonds is 3. The third-order valence-electron chi connectivity index (χ3n) is 3.56. The van der Waals surface area contributed by atoms with E-state index in [1.165, 1.54) is 25.6 Å². The Morgan fingerprint density at radius 3 is 2.44 bits per heavy atom. The SMILES string of the molecule is Cn1c(=O)c(S(=O)(=O)c2ccc(F)cc2)cc2cnc(S(C)=O)nc21. The average Bonchev–Trinajstić information content (AvgIpc) is 2.58. The van der Waals surface area contributed by atoms with Crippen LogP contribution in [-0.4, -0.2) is 33.4 Å². The summed E-state index contributed by atoms with van der Waals surface area (Å²) in [6.07, 6.45) is 2.70. The Morgan fingerprint density at radius 2 is 1.84 bits per heavy atom. The van der Waals surface area contributed by atoms with Crippen LogP contribution >= 0.6 is 0 Å². The van der Waals surface area contributed by atoms with E-state index in [0.29, 0.717) is 5.39 Å². The van der Waals surface area contributed by atoms with E-state index in [1.54, 1.807) is 0 Å². The van der Waals surface area contributed by atoms with Crippen molar-refractivity contribution in [2.24, 2.45) is 7.05 Å². The number of sulfone groups is 1. The smallest absolute Gasteiger partial charge is 0.271 e. The number of benzene rings is 1. The molecule has 0 fully saturated rings. The molecule has 2 heterocycles. The first-order chi connectivity index (χ1) is 11.7. The minimum absolute atomic E-state index is 0.0386. The van der Waals surface area contributed by atoms with E-state index in [4.69, 9.17) is 0 Å². The van der Waals surface area contributed by atoms with E-state index in [9.17, 15) is 21.8 Å². The van der Waals surface area contributed by atoms with E-state index < -0.39 is 36.9 Å². The second kappa shape index (κ2) is 6.12. The lowest BCUT2D eigenvalue weighted by Gasteiger charge is -2.09. The van der Waals surface area contributed by atoms with Crippen LogP contribution in [-0.2, 0) is 27.7 Å². The molecule has 0 N–H and O–H groups in total. The Morgan fingerprint density at radius 1 is 1.20 bits per heavy atom. The van der Waals surface area contributed by atoms with Gasteiger partial charge in [0.15, 0.2) is 0 Å². The van der Waals surface area contributed by atoms with Gasteiger partial charge < -0.3 is 0 Å². The maximum Gasteiger partial charge on any atom is 0.271 e. The van der Waals surface area contributed by atoms with Gasteiger partial charge in [0.1, 0.15) is 16.4 Å². The van der Waals surface area contributed by atoms with Gasteiger partial charge in [-0.2, -0.15) is 0 Å². The summed E-state index contributed by atoms with van der Waals surface area (Å²) < 4.78 is 51.0. The molecule has 2 aromatic heterocycles. The van der Waals surface area contributed by atoms with Crippen LogP contribution in [0.4, 0.5) is 4.39 Å². The summed E-state index contributed by atoms with van der Waals surface area (Å²) in [5.41, 5.74) is -0.619.